The van der Waals surface area contributed by atoms with Gasteiger partial charge in [0.15, 0.2) is 0 Å². The van der Waals surface area contributed by atoms with Gasteiger partial charge in [0.2, 0.25) is 0 Å². The summed E-state index contributed by atoms with van der Waals surface area (Å²) in [5.41, 5.74) is 0.309. The van der Waals surface area contributed by atoms with E-state index < -0.39 is 11.7 Å². The third-order valence-electron chi connectivity index (χ3n) is 6.16. The Morgan fingerprint density at radius 2 is 1.97 bits per heavy atom. The Kier molecular flexibility index (Phi) is 8.52. The molecular weight excluding hydrogens is 427 g/mol. The summed E-state index contributed by atoms with van der Waals surface area (Å²) >= 11 is 1.72. The molecule has 2 fully saturated rings. The Morgan fingerprint density at radius 1 is 1.26 bits per heavy atom. The van der Waals surface area contributed by atoms with Gasteiger partial charge in [-0.2, -0.15) is 13.2 Å². The number of carbonyl (C=O) groups is 1. The van der Waals surface area contributed by atoms with Gasteiger partial charge in [-0.3, -0.25) is 0 Å². The van der Waals surface area contributed by atoms with Gasteiger partial charge >= 0.3 is 12.2 Å². The van der Waals surface area contributed by atoms with Gasteiger partial charge < -0.3 is 20.3 Å². The third kappa shape index (κ3) is 6.29. The molecule has 1 saturated carbocycles. The number of ether oxygens (including phenoxy) is 1. The molecule has 0 spiro atoms. The number of hydrogen-bond acceptors (Lipinski definition) is 4. The summed E-state index contributed by atoms with van der Waals surface area (Å²) in [6, 6.07) is 5.55. The SMILES string of the molecule is CCNC(=O)N1CCC[C@H](NCSC)[C@@H]1COC1CC(c2ccc(C(F)(F)F)cc2)C1. The lowest BCUT2D eigenvalue weighted by molar-refractivity contribution is -0.137. The lowest BCUT2D eigenvalue weighted by Gasteiger charge is -2.43. The maximum Gasteiger partial charge on any atom is 0.416 e. The molecule has 0 unspecified atom stereocenters. The van der Waals surface area contributed by atoms with Crippen LogP contribution in [0.3, 0.4) is 0 Å². The standard InChI is InChI=1S/C22H32F3N3O2S/c1-3-26-21(29)28-10-4-5-19(27-14-31-2)20(28)13-30-18-11-16(12-18)15-6-8-17(9-7-15)22(23,24)25/h6-9,16,18-20,27H,3-5,10-14H2,1-2H3,(H,26,29)/t16?,18?,19-,20-/m0/s1. The molecule has 1 saturated heterocycles. The monoisotopic (exact) mass is 459 g/mol. The molecule has 31 heavy (non-hydrogen) atoms. The Hall–Kier alpha value is -1.45. The minimum Gasteiger partial charge on any atom is -0.376 e. The molecule has 1 aromatic rings. The fraction of sp³-hybridized carbons (Fsp3) is 0.682. The molecule has 1 aliphatic heterocycles. The first-order valence-corrected chi connectivity index (χ1v) is 12.3. The van der Waals surface area contributed by atoms with Crippen LogP contribution >= 0.6 is 11.8 Å². The van der Waals surface area contributed by atoms with E-state index in [0.717, 1.165) is 55.8 Å². The van der Waals surface area contributed by atoms with Gasteiger partial charge in [-0.15, -0.1) is 11.8 Å². The van der Waals surface area contributed by atoms with Crippen LogP contribution in [0.25, 0.3) is 0 Å². The van der Waals surface area contributed by atoms with Crippen molar-refractivity contribution < 1.29 is 22.7 Å². The van der Waals surface area contributed by atoms with Crippen LogP contribution in [0, 0.1) is 0 Å². The zero-order valence-electron chi connectivity index (χ0n) is 18.1. The molecule has 0 aromatic heterocycles. The third-order valence-corrected chi connectivity index (χ3v) is 6.62. The van der Waals surface area contributed by atoms with Crippen LogP contribution in [-0.2, 0) is 10.9 Å². The van der Waals surface area contributed by atoms with Crippen LogP contribution in [0.4, 0.5) is 18.0 Å². The van der Waals surface area contributed by atoms with Gasteiger partial charge in [-0.25, -0.2) is 4.79 Å². The van der Waals surface area contributed by atoms with Crippen LogP contribution in [0.5, 0.6) is 0 Å². The zero-order chi connectivity index (χ0) is 22.4. The van der Waals surface area contributed by atoms with Crippen LogP contribution in [0.2, 0.25) is 0 Å². The minimum absolute atomic E-state index is 0.0300. The molecule has 1 heterocycles. The van der Waals surface area contributed by atoms with E-state index in [9.17, 15) is 18.0 Å². The van der Waals surface area contributed by atoms with E-state index >= 15 is 0 Å². The second-order valence-electron chi connectivity index (χ2n) is 8.23. The number of amides is 2. The number of urea groups is 1. The van der Waals surface area contributed by atoms with Crippen molar-refractivity contribution in [3.8, 4) is 0 Å². The van der Waals surface area contributed by atoms with E-state index in [1.54, 1.807) is 23.9 Å². The van der Waals surface area contributed by atoms with E-state index in [-0.39, 0.29) is 30.1 Å². The van der Waals surface area contributed by atoms with Crippen LogP contribution < -0.4 is 10.6 Å². The normalized spacial score (nSPS) is 26.4. The number of benzene rings is 1. The lowest BCUT2D eigenvalue weighted by Crippen LogP contribution is -2.60. The Balaban J connectivity index is 1.53. The maximum absolute atomic E-state index is 12.7. The number of nitrogens with one attached hydrogen (secondary N) is 2. The first-order chi connectivity index (χ1) is 14.8. The highest BCUT2D eigenvalue weighted by Gasteiger charge is 2.37. The minimum atomic E-state index is -4.30. The highest BCUT2D eigenvalue weighted by Crippen LogP contribution is 2.40. The number of rotatable bonds is 8. The molecule has 3 rings (SSSR count). The predicted molar refractivity (Wildman–Crippen MR) is 117 cm³/mol. The van der Waals surface area contributed by atoms with Crippen molar-refractivity contribution >= 4 is 17.8 Å². The van der Waals surface area contributed by atoms with E-state index in [2.05, 4.69) is 10.6 Å². The van der Waals surface area contributed by atoms with Crippen molar-refractivity contribution in [3.63, 3.8) is 0 Å². The summed E-state index contributed by atoms with van der Waals surface area (Å²) in [6.45, 7) is 3.68. The van der Waals surface area contributed by atoms with Gasteiger partial charge in [-0.05, 0) is 62.5 Å². The maximum atomic E-state index is 12.7. The van der Waals surface area contributed by atoms with Crippen molar-refractivity contribution in [1.29, 1.82) is 0 Å². The van der Waals surface area contributed by atoms with Gasteiger partial charge in [0.25, 0.3) is 0 Å². The van der Waals surface area contributed by atoms with Gasteiger partial charge in [0.1, 0.15) is 0 Å². The molecular formula is C22H32F3N3O2S. The summed E-state index contributed by atoms with van der Waals surface area (Å²) in [7, 11) is 0. The first kappa shape index (κ1) is 24.2. The van der Waals surface area contributed by atoms with Crippen molar-refractivity contribution in [2.24, 2.45) is 0 Å². The quantitative estimate of drug-likeness (QED) is 0.565. The van der Waals surface area contributed by atoms with Crippen molar-refractivity contribution in [2.75, 3.05) is 31.8 Å². The van der Waals surface area contributed by atoms with Gasteiger partial charge in [0.05, 0.1) is 24.3 Å². The fourth-order valence-corrected chi connectivity index (χ4v) is 4.73. The van der Waals surface area contributed by atoms with E-state index in [1.165, 1.54) is 0 Å². The van der Waals surface area contributed by atoms with E-state index in [4.69, 9.17) is 4.74 Å². The Morgan fingerprint density at radius 3 is 2.58 bits per heavy atom. The number of nitrogens with zero attached hydrogens (tertiary/aromatic N) is 1. The molecule has 2 aliphatic rings. The number of thioether (sulfide) groups is 1. The first-order valence-electron chi connectivity index (χ1n) is 10.9. The lowest BCUT2D eigenvalue weighted by atomic mass is 9.77. The number of hydrogen-bond donors (Lipinski definition) is 2. The van der Waals surface area contributed by atoms with Gasteiger partial charge in [-0.1, -0.05) is 12.1 Å². The largest absolute Gasteiger partial charge is 0.416 e. The molecule has 9 heteroatoms. The van der Waals surface area contributed by atoms with Crippen LogP contribution in [0.15, 0.2) is 24.3 Å². The average molecular weight is 460 g/mol. The van der Waals surface area contributed by atoms with Crippen molar-refractivity contribution in [1.82, 2.24) is 15.5 Å². The molecule has 1 aromatic carbocycles. The molecule has 2 amide bonds. The van der Waals surface area contributed by atoms with E-state index in [1.807, 2.05) is 18.1 Å². The highest BCUT2D eigenvalue weighted by molar-refractivity contribution is 7.98. The summed E-state index contributed by atoms with van der Waals surface area (Å²) in [5.74, 6) is 1.05. The number of carbonyl (C=O) groups excluding carboxylic acids is 1. The zero-order valence-corrected chi connectivity index (χ0v) is 18.9. The fourth-order valence-electron chi connectivity index (χ4n) is 4.35. The molecule has 5 nitrogen and oxygen atoms in total. The summed E-state index contributed by atoms with van der Waals surface area (Å²) in [5, 5.41) is 6.43. The average Bonchev–Trinajstić information content (AvgIpc) is 2.71. The second kappa shape index (κ2) is 10.9. The smallest absolute Gasteiger partial charge is 0.376 e. The molecule has 2 N–H and O–H groups in total. The highest BCUT2D eigenvalue weighted by atomic mass is 32.2. The van der Waals surface area contributed by atoms with Crippen molar-refractivity contribution in [2.45, 2.75) is 62.9 Å². The van der Waals surface area contributed by atoms with Crippen LogP contribution in [0.1, 0.15) is 49.7 Å². The summed E-state index contributed by atoms with van der Waals surface area (Å²) < 4.78 is 44.4. The molecule has 174 valence electrons. The number of likely N-dealkylation sites (tertiary alicyclic amines) is 1. The molecule has 0 bridgehead atoms. The summed E-state index contributed by atoms with van der Waals surface area (Å²) in [6.07, 6.45) is 1.36. The summed E-state index contributed by atoms with van der Waals surface area (Å²) in [4.78, 5) is 14.4. The number of alkyl halides is 3. The predicted octanol–water partition coefficient (Wildman–Crippen LogP) is 4.44. The molecule has 0 radical (unpaired) electrons. The Bertz CT molecular complexity index is 711. The number of piperidine rings is 1. The second-order valence-corrected chi connectivity index (χ2v) is 9.09. The molecule has 1 aliphatic carbocycles. The Labute approximate surface area is 186 Å². The van der Waals surface area contributed by atoms with E-state index in [0.29, 0.717) is 13.2 Å². The topological polar surface area (TPSA) is 53.6 Å². The van der Waals surface area contributed by atoms with Crippen LogP contribution in [-0.4, -0.2) is 60.9 Å². The van der Waals surface area contributed by atoms with Crippen molar-refractivity contribution in [3.05, 3.63) is 35.4 Å². The molecule has 2 atom stereocenters. The van der Waals surface area contributed by atoms with Gasteiger partial charge in [0, 0.05) is 25.0 Å². The number of halogens is 3.